The van der Waals surface area contributed by atoms with Crippen LogP contribution in [0.5, 0.6) is 0 Å². The standard InChI is InChI=1S/C18H24FN3O/c1-21-7-2-6-18(23,11-21)12-22-8-5-17-15(10-22)14-9-13(19)3-4-16(14)20-17/h3-4,9,20,23H,2,5-8,10-12H2,1H3/t18-/m1/s1. The summed E-state index contributed by atoms with van der Waals surface area (Å²) in [4.78, 5) is 7.95. The Kier molecular flexibility index (Phi) is 3.67. The van der Waals surface area contributed by atoms with Crippen molar-refractivity contribution in [2.45, 2.75) is 31.4 Å². The summed E-state index contributed by atoms with van der Waals surface area (Å²) in [7, 11) is 2.07. The predicted octanol–water partition coefficient (Wildman–Crippen LogP) is 2.12. The summed E-state index contributed by atoms with van der Waals surface area (Å²) in [6.45, 7) is 4.21. The fourth-order valence-corrected chi connectivity index (χ4v) is 4.26. The van der Waals surface area contributed by atoms with Crippen LogP contribution in [0.1, 0.15) is 24.1 Å². The number of piperidine rings is 1. The van der Waals surface area contributed by atoms with E-state index in [-0.39, 0.29) is 5.82 Å². The Morgan fingerprint density at radius 2 is 2.22 bits per heavy atom. The van der Waals surface area contributed by atoms with Crippen LogP contribution in [-0.4, -0.2) is 58.7 Å². The van der Waals surface area contributed by atoms with Gasteiger partial charge in [0.25, 0.3) is 0 Å². The van der Waals surface area contributed by atoms with Crippen molar-refractivity contribution in [3.8, 4) is 0 Å². The molecular formula is C18H24FN3O. The summed E-state index contributed by atoms with van der Waals surface area (Å²) in [5.41, 5.74) is 2.80. The number of fused-ring (bicyclic) bond motifs is 3. The average molecular weight is 317 g/mol. The number of aromatic amines is 1. The number of likely N-dealkylation sites (tertiary alicyclic amines) is 1. The second-order valence-corrected chi connectivity index (χ2v) is 7.30. The van der Waals surface area contributed by atoms with Crippen LogP contribution in [0.2, 0.25) is 0 Å². The Morgan fingerprint density at radius 3 is 3.04 bits per heavy atom. The highest BCUT2D eigenvalue weighted by Crippen LogP contribution is 2.30. The van der Waals surface area contributed by atoms with E-state index in [0.29, 0.717) is 6.54 Å². The molecule has 0 aliphatic carbocycles. The predicted molar refractivity (Wildman–Crippen MR) is 88.9 cm³/mol. The minimum atomic E-state index is -0.623. The first-order valence-electron chi connectivity index (χ1n) is 8.45. The number of benzene rings is 1. The van der Waals surface area contributed by atoms with E-state index in [9.17, 15) is 9.50 Å². The van der Waals surface area contributed by atoms with Crippen LogP contribution in [0.25, 0.3) is 10.9 Å². The molecule has 5 heteroatoms. The van der Waals surface area contributed by atoms with Crippen molar-refractivity contribution in [3.63, 3.8) is 0 Å². The maximum absolute atomic E-state index is 13.6. The molecule has 2 aliphatic rings. The molecule has 0 amide bonds. The molecule has 0 spiro atoms. The Morgan fingerprint density at radius 1 is 1.35 bits per heavy atom. The highest BCUT2D eigenvalue weighted by molar-refractivity contribution is 5.84. The van der Waals surface area contributed by atoms with E-state index in [2.05, 4.69) is 21.8 Å². The number of aromatic nitrogens is 1. The Labute approximate surface area is 135 Å². The number of nitrogens with zero attached hydrogens (tertiary/aromatic N) is 2. The van der Waals surface area contributed by atoms with Crippen LogP contribution in [-0.2, 0) is 13.0 Å². The molecule has 2 N–H and O–H groups in total. The highest BCUT2D eigenvalue weighted by atomic mass is 19.1. The van der Waals surface area contributed by atoms with Crippen LogP contribution in [0, 0.1) is 5.82 Å². The first-order chi connectivity index (χ1) is 11.0. The van der Waals surface area contributed by atoms with E-state index >= 15 is 0 Å². The van der Waals surface area contributed by atoms with Crippen LogP contribution in [0.15, 0.2) is 18.2 Å². The van der Waals surface area contributed by atoms with Crippen molar-refractivity contribution in [3.05, 3.63) is 35.3 Å². The van der Waals surface area contributed by atoms with Gasteiger partial charge in [-0.3, -0.25) is 4.90 Å². The number of likely N-dealkylation sites (N-methyl/N-ethyl adjacent to an activating group) is 1. The van der Waals surface area contributed by atoms with E-state index in [1.807, 2.05) is 6.07 Å². The highest BCUT2D eigenvalue weighted by Gasteiger charge is 2.35. The van der Waals surface area contributed by atoms with Gasteiger partial charge in [0, 0.05) is 49.2 Å². The van der Waals surface area contributed by atoms with E-state index in [4.69, 9.17) is 0 Å². The number of nitrogens with one attached hydrogen (secondary N) is 1. The van der Waals surface area contributed by atoms with Crippen LogP contribution < -0.4 is 0 Å². The van der Waals surface area contributed by atoms with E-state index in [1.165, 1.54) is 17.3 Å². The molecule has 1 atom stereocenters. The first-order valence-corrected chi connectivity index (χ1v) is 8.45. The number of hydrogen-bond acceptors (Lipinski definition) is 3. The topological polar surface area (TPSA) is 42.5 Å². The lowest BCUT2D eigenvalue weighted by atomic mass is 9.91. The number of hydrogen-bond donors (Lipinski definition) is 2. The van der Waals surface area contributed by atoms with Crippen molar-refractivity contribution >= 4 is 10.9 Å². The van der Waals surface area contributed by atoms with Crippen molar-refractivity contribution < 1.29 is 9.50 Å². The summed E-state index contributed by atoms with van der Waals surface area (Å²) in [6.07, 6.45) is 2.84. The molecule has 3 heterocycles. The maximum atomic E-state index is 13.6. The van der Waals surface area contributed by atoms with Crippen LogP contribution in [0.3, 0.4) is 0 Å². The van der Waals surface area contributed by atoms with Gasteiger partial charge in [0.05, 0.1) is 5.60 Å². The maximum Gasteiger partial charge on any atom is 0.123 e. The van der Waals surface area contributed by atoms with Crippen molar-refractivity contribution in [1.82, 2.24) is 14.8 Å². The van der Waals surface area contributed by atoms with Gasteiger partial charge in [0.2, 0.25) is 0 Å². The summed E-state index contributed by atoms with van der Waals surface area (Å²) < 4.78 is 13.6. The molecule has 23 heavy (non-hydrogen) atoms. The van der Waals surface area contributed by atoms with Crippen molar-refractivity contribution in [2.75, 3.05) is 33.2 Å². The van der Waals surface area contributed by atoms with Crippen LogP contribution >= 0.6 is 0 Å². The second-order valence-electron chi connectivity index (χ2n) is 7.30. The normalized spacial score (nSPS) is 26.6. The van der Waals surface area contributed by atoms with E-state index < -0.39 is 5.60 Å². The SMILES string of the molecule is CN1CCC[C@](O)(CN2CCc3[nH]c4ccc(F)cc4c3C2)C1. The molecule has 4 rings (SSSR count). The second kappa shape index (κ2) is 5.58. The number of aliphatic hydroxyl groups is 1. The van der Waals surface area contributed by atoms with Gasteiger partial charge >= 0.3 is 0 Å². The third-order valence-corrected chi connectivity index (χ3v) is 5.28. The molecule has 0 unspecified atom stereocenters. The minimum Gasteiger partial charge on any atom is -0.387 e. The van der Waals surface area contributed by atoms with E-state index in [0.717, 1.165) is 56.3 Å². The summed E-state index contributed by atoms with van der Waals surface area (Å²) >= 11 is 0. The molecule has 1 saturated heterocycles. The molecule has 4 nitrogen and oxygen atoms in total. The lowest BCUT2D eigenvalue weighted by molar-refractivity contribution is -0.0495. The van der Waals surface area contributed by atoms with Gasteiger partial charge in [-0.2, -0.15) is 0 Å². The largest absolute Gasteiger partial charge is 0.387 e. The quantitative estimate of drug-likeness (QED) is 0.892. The molecule has 1 aromatic carbocycles. The van der Waals surface area contributed by atoms with Gasteiger partial charge in [0.15, 0.2) is 0 Å². The van der Waals surface area contributed by atoms with Gasteiger partial charge in [0.1, 0.15) is 5.82 Å². The number of halogens is 1. The molecular weight excluding hydrogens is 293 g/mol. The fourth-order valence-electron chi connectivity index (χ4n) is 4.26. The molecule has 1 fully saturated rings. The molecule has 0 bridgehead atoms. The lowest BCUT2D eigenvalue weighted by Crippen LogP contribution is -2.53. The average Bonchev–Trinajstić information content (AvgIpc) is 2.84. The van der Waals surface area contributed by atoms with Gasteiger partial charge in [-0.15, -0.1) is 0 Å². The molecule has 0 radical (unpaired) electrons. The Bertz CT molecular complexity index is 728. The number of rotatable bonds is 2. The molecule has 2 aliphatic heterocycles. The van der Waals surface area contributed by atoms with Gasteiger partial charge < -0.3 is 15.0 Å². The molecule has 2 aromatic rings. The zero-order chi connectivity index (χ0) is 16.0. The van der Waals surface area contributed by atoms with Crippen LogP contribution in [0.4, 0.5) is 4.39 Å². The Balaban J connectivity index is 1.56. The van der Waals surface area contributed by atoms with Gasteiger partial charge in [-0.05, 0) is 50.2 Å². The van der Waals surface area contributed by atoms with Gasteiger partial charge in [-0.1, -0.05) is 0 Å². The molecule has 124 valence electrons. The lowest BCUT2D eigenvalue weighted by Gasteiger charge is -2.41. The van der Waals surface area contributed by atoms with E-state index in [1.54, 1.807) is 6.07 Å². The molecule has 1 aromatic heterocycles. The smallest absolute Gasteiger partial charge is 0.123 e. The van der Waals surface area contributed by atoms with Crippen molar-refractivity contribution in [1.29, 1.82) is 0 Å². The third kappa shape index (κ3) is 2.89. The molecule has 0 saturated carbocycles. The van der Waals surface area contributed by atoms with Crippen molar-refractivity contribution in [2.24, 2.45) is 0 Å². The zero-order valence-electron chi connectivity index (χ0n) is 13.6. The first kappa shape index (κ1) is 15.1. The summed E-state index contributed by atoms with van der Waals surface area (Å²) in [6, 6.07) is 4.94. The minimum absolute atomic E-state index is 0.191. The number of H-pyrrole nitrogens is 1. The zero-order valence-corrected chi connectivity index (χ0v) is 13.6. The fraction of sp³-hybridized carbons (Fsp3) is 0.556. The third-order valence-electron chi connectivity index (χ3n) is 5.28. The Hall–Kier alpha value is -1.43. The van der Waals surface area contributed by atoms with Gasteiger partial charge in [-0.25, -0.2) is 4.39 Å². The monoisotopic (exact) mass is 317 g/mol. The summed E-state index contributed by atoms with van der Waals surface area (Å²) in [5.74, 6) is -0.191. The number of β-amino-alcohol motifs (C(OH)–C–C–N with tert-alkyl or cyclic N) is 1. The summed E-state index contributed by atoms with van der Waals surface area (Å²) in [5, 5.41) is 11.9.